The topological polar surface area (TPSA) is 73.9 Å². The number of nitrogens with one attached hydrogen (secondary N) is 2. The Morgan fingerprint density at radius 1 is 1.44 bits per heavy atom. The summed E-state index contributed by atoms with van der Waals surface area (Å²) in [7, 11) is 0. The monoisotopic (exact) mass is 243 g/mol. The highest BCUT2D eigenvalue weighted by molar-refractivity contribution is 5.94. The van der Waals surface area contributed by atoms with Gasteiger partial charge in [0, 0.05) is 25.5 Å². The number of pyridine rings is 1. The summed E-state index contributed by atoms with van der Waals surface area (Å²) in [6.07, 6.45) is 4.88. The fourth-order valence-electron chi connectivity index (χ4n) is 1.94. The molecule has 1 aliphatic rings. The number of carbonyl (C=O) groups is 1. The van der Waals surface area contributed by atoms with E-state index in [-0.39, 0.29) is 11.9 Å². The van der Waals surface area contributed by atoms with Crippen LogP contribution in [0.1, 0.15) is 10.4 Å². The Morgan fingerprint density at radius 3 is 3.00 bits per heavy atom. The summed E-state index contributed by atoms with van der Waals surface area (Å²) in [5.74, 6) is 0.862. The van der Waals surface area contributed by atoms with Crippen LogP contribution in [0.15, 0.2) is 36.8 Å². The zero-order chi connectivity index (χ0) is 12.4. The highest BCUT2D eigenvalue weighted by Crippen LogP contribution is 2.17. The van der Waals surface area contributed by atoms with Crippen LogP contribution in [-0.4, -0.2) is 40.2 Å². The van der Waals surface area contributed by atoms with E-state index in [1.165, 1.54) is 6.20 Å². The van der Waals surface area contributed by atoms with Gasteiger partial charge in [-0.05, 0) is 12.1 Å². The fourth-order valence-corrected chi connectivity index (χ4v) is 1.94. The highest BCUT2D eigenvalue weighted by atomic mass is 16.1. The molecular weight excluding hydrogens is 230 g/mol. The molecule has 1 aliphatic heterocycles. The van der Waals surface area contributed by atoms with Gasteiger partial charge in [-0.25, -0.2) is 4.98 Å². The minimum atomic E-state index is -0.0885. The standard InChI is InChI=1S/C12H13N5O/c18-12(9-5-14-15-6-9)16-10-7-17(8-10)11-3-1-2-4-13-11/h1-6,10H,7-8H2,(H,14,15)(H,16,18). The van der Waals surface area contributed by atoms with Gasteiger partial charge in [-0.15, -0.1) is 0 Å². The van der Waals surface area contributed by atoms with E-state index in [0.717, 1.165) is 18.9 Å². The van der Waals surface area contributed by atoms with Crippen molar-refractivity contribution in [2.24, 2.45) is 0 Å². The van der Waals surface area contributed by atoms with Crippen LogP contribution in [0.25, 0.3) is 0 Å². The third-order valence-corrected chi connectivity index (χ3v) is 2.95. The molecule has 18 heavy (non-hydrogen) atoms. The molecule has 3 heterocycles. The Balaban J connectivity index is 1.53. The molecule has 0 aliphatic carbocycles. The molecular formula is C12H13N5O. The van der Waals surface area contributed by atoms with Crippen molar-refractivity contribution in [3.63, 3.8) is 0 Å². The molecule has 2 aromatic rings. The molecule has 6 heteroatoms. The normalized spacial score (nSPS) is 15.2. The average molecular weight is 243 g/mol. The maximum atomic E-state index is 11.7. The summed E-state index contributed by atoms with van der Waals surface area (Å²) in [4.78, 5) is 18.1. The van der Waals surface area contributed by atoms with Gasteiger partial charge in [-0.3, -0.25) is 9.89 Å². The maximum Gasteiger partial charge on any atom is 0.254 e. The largest absolute Gasteiger partial charge is 0.352 e. The lowest BCUT2D eigenvalue weighted by atomic mass is 10.1. The third-order valence-electron chi connectivity index (χ3n) is 2.95. The predicted molar refractivity (Wildman–Crippen MR) is 66.3 cm³/mol. The van der Waals surface area contributed by atoms with Gasteiger partial charge in [0.1, 0.15) is 5.82 Å². The van der Waals surface area contributed by atoms with Crippen molar-refractivity contribution < 1.29 is 4.79 Å². The van der Waals surface area contributed by atoms with Gasteiger partial charge < -0.3 is 10.2 Å². The summed E-state index contributed by atoms with van der Waals surface area (Å²) in [6.45, 7) is 1.58. The molecule has 3 rings (SSSR count). The molecule has 2 N–H and O–H groups in total. The molecule has 0 bridgehead atoms. The number of hydrogen-bond acceptors (Lipinski definition) is 4. The molecule has 1 saturated heterocycles. The fraction of sp³-hybridized carbons (Fsp3) is 0.250. The summed E-state index contributed by atoms with van der Waals surface area (Å²) in [6, 6.07) is 5.99. The second-order valence-corrected chi connectivity index (χ2v) is 4.25. The van der Waals surface area contributed by atoms with Gasteiger partial charge in [0.25, 0.3) is 5.91 Å². The molecule has 2 aromatic heterocycles. The summed E-state index contributed by atoms with van der Waals surface area (Å²) in [5.41, 5.74) is 0.561. The number of carbonyl (C=O) groups excluding carboxylic acids is 1. The predicted octanol–water partition coefficient (Wildman–Crippen LogP) is 0.423. The van der Waals surface area contributed by atoms with Gasteiger partial charge in [0.2, 0.25) is 0 Å². The number of anilines is 1. The minimum absolute atomic E-state index is 0.0885. The first-order valence-corrected chi connectivity index (χ1v) is 5.78. The average Bonchev–Trinajstić information content (AvgIpc) is 2.88. The first-order valence-electron chi connectivity index (χ1n) is 5.78. The number of H-pyrrole nitrogens is 1. The van der Waals surface area contributed by atoms with E-state index in [1.807, 2.05) is 18.2 Å². The van der Waals surface area contributed by atoms with Crippen molar-refractivity contribution in [1.29, 1.82) is 0 Å². The van der Waals surface area contributed by atoms with Crippen molar-refractivity contribution in [1.82, 2.24) is 20.5 Å². The maximum absolute atomic E-state index is 11.7. The van der Waals surface area contributed by atoms with E-state index >= 15 is 0 Å². The van der Waals surface area contributed by atoms with Gasteiger partial charge in [-0.2, -0.15) is 5.10 Å². The Hall–Kier alpha value is -2.37. The van der Waals surface area contributed by atoms with E-state index in [1.54, 1.807) is 12.4 Å². The van der Waals surface area contributed by atoms with E-state index in [0.29, 0.717) is 5.56 Å². The Kier molecular flexibility index (Phi) is 2.68. The van der Waals surface area contributed by atoms with Crippen molar-refractivity contribution in [2.45, 2.75) is 6.04 Å². The van der Waals surface area contributed by atoms with Crippen LogP contribution in [-0.2, 0) is 0 Å². The van der Waals surface area contributed by atoms with Crippen molar-refractivity contribution in [3.05, 3.63) is 42.4 Å². The molecule has 0 radical (unpaired) electrons. The van der Waals surface area contributed by atoms with Crippen LogP contribution in [0.3, 0.4) is 0 Å². The lowest BCUT2D eigenvalue weighted by molar-refractivity contribution is 0.0930. The number of aromatic amines is 1. The van der Waals surface area contributed by atoms with Gasteiger partial charge in [-0.1, -0.05) is 6.07 Å². The molecule has 0 saturated carbocycles. The van der Waals surface area contributed by atoms with E-state index < -0.39 is 0 Å². The minimum Gasteiger partial charge on any atom is -0.352 e. The molecule has 0 spiro atoms. The summed E-state index contributed by atoms with van der Waals surface area (Å²) in [5, 5.41) is 9.32. The third kappa shape index (κ3) is 2.04. The van der Waals surface area contributed by atoms with Gasteiger partial charge in [0.05, 0.1) is 17.8 Å². The van der Waals surface area contributed by atoms with Crippen molar-refractivity contribution >= 4 is 11.7 Å². The molecule has 1 fully saturated rings. The van der Waals surface area contributed by atoms with Crippen LogP contribution in [0.5, 0.6) is 0 Å². The van der Waals surface area contributed by atoms with Crippen molar-refractivity contribution in [3.8, 4) is 0 Å². The second-order valence-electron chi connectivity index (χ2n) is 4.25. The Morgan fingerprint density at radius 2 is 2.33 bits per heavy atom. The molecule has 0 atom stereocenters. The van der Waals surface area contributed by atoms with E-state index in [4.69, 9.17) is 0 Å². The quantitative estimate of drug-likeness (QED) is 0.819. The van der Waals surface area contributed by atoms with E-state index in [9.17, 15) is 4.79 Å². The molecule has 0 unspecified atom stereocenters. The molecule has 0 aromatic carbocycles. The van der Waals surface area contributed by atoms with E-state index in [2.05, 4.69) is 25.4 Å². The SMILES string of the molecule is O=C(NC1CN(c2ccccn2)C1)c1cn[nH]c1. The lowest BCUT2D eigenvalue weighted by Crippen LogP contribution is -2.59. The van der Waals surface area contributed by atoms with Gasteiger partial charge in [0.15, 0.2) is 0 Å². The summed E-state index contributed by atoms with van der Waals surface area (Å²) >= 11 is 0. The molecule has 6 nitrogen and oxygen atoms in total. The number of aromatic nitrogens is 3. The van der Waals surface area contributed by atoms with Crippen LogP contribution >= 0.6 is 0 Å². The zero-order valence-electron chi connectivity index (χ0n) is 9.71. The Bertz CT molecular complexity index is 519. The number of hydrogen-bond donors (Lipinski definition) is 2. The first-order chi connectivity index (χ1) is 8.83. The van der Waals surface area contributed by atoms with Gasteiger partial charge >= 0.3 is 0 Å². The Labute approximate surface area is 104 Å². The second kappa shape index (κ2) is 4.48. The highest BCUT2D eigenvalue weighted by Gasteiger charge is 2.29. The zero-order valence-corrected chi connectivity index (χ0v) is 9.71. The molecule has 92 valence electrons. The number of nitrogens with zero attached hydrogens (tertiary/aromatic N) is 3. The lowest BCUT2D eigenvalue weighted by Gasteiger charge is -2.40. The van der Waals surface area contributed by atoms with Crippen LogP contribution < -0.4 is 10.2 Å². The van der Waals surface area contributed by atoms with Crippen molar-refractivity contribution in [2.75, 3.05) is 18.0 Å². The smallest absolute Gasteiger partial charge is 0.254 e. The van der Waals surface area contributed by atoms with Crippen LogP contribution in [0, 0.1) is 0 Å². The number of amides is 1. The number of rotatable bonds is 3. The van der Waals surface area contributed by atoms with Crippen LogP contribution in [0.4, 0.5) is 5.82 Å². The van der Waals surface area contributed by atoms with Crippen LogP contribution in [0.2, 0.25) is 0 Å². The first kappa shape index (κ1) is 10.8. The summed E-state index contributed by atoms with van der Waals surface area (Å²) < 4.78 is 0. The molecule has 1 amide bonds.